The molecule has 0 aromatic heterocycles. The third kappa shape index (κ3) is 26.1. The lowest BCUT2D eigenvalue weighted by molar-refractivity contribution is -0.870. The van der Waals surface area contributed by atoms with Gasteiger partial charge in [-0.05, 0) is 32.1 Å². The number of unbranched alkanes of at least 4 members (excludes halogenated alkanes) is 11. The number of phosphoric acid groups is 1. The molecule has 0 aliphatic heterocycles. The van der Waals surface area contributed by atoms with Gasteiger partial charge < -0.3 is 28.3 Å². The highest BCUT2D eigenvalue weighted by Crippen LogP contribution is 2.38. The average molecular weight is 522 g/mol. The van der Waals surface area contributed by atoms with E-state index in [1.165, 1.54) is 57.8 Å². The van der Waals surface area contributed by atoms with E-state index < -0.39 is 26.5 Å². The topological polar surface area (TPSA) is 105 Å². The highest BCUT2D eigenvalue weighted by molar-refractivity contribution is 7.45. The molecule has 0 rings (SSSR count). The second-order valence-corrected chi connectivity index (χ2v) is 11.7. The molecule has 0 saturated heterocycles. The zero-order valence-electron chi connectivity index (χ0n) is 22.8. The molecule has 0 radical (unpaired) electrons. The number of rotatable bonds is 24. The van der Waals surface area contributed by atoms with Crippen LogP contribution in [0.3, 0.4) is 0 Å². The molecule has 0 aromatic rings. The summed E-state index contributed by atoms with van der Waals surface area (Å²) in [5.41, 5.74) is 0. The molecule has 0 saturated carbocycles. The van der Waals surface area contributed by atoms with Gasteiger partial charge in [0.05, 0.1) is 27.7 Å². The lowest BCUT2D eigenvalue weighted by Gasteiger charge is -2.27. The van der Waals surface area contributed by atoms with Gasteiger partial charge in [-0.15, -0.1) is 0 Å². The molecule has 35 heavy (non-hydrogen) atoms. The minimum absolute atomic E-state index is 0.0101. The molecule has 0 aliphatic carbocycles. The molecule has 0 fully saturated rings. The number of hydrogen-bond donors (Lipinski definition) is 1. The fourth-order valence-electron chi connectivity index (χ4n) is 3.29. The molecule has 208 valence electrons. The first-order valence-corrected chi connectivity index (χ1v) is 14.9. The van der Waals surface area contributed by atoms with Crippen molar-refractivity contribution in [3.63, 3.8) is 0 Å². The Bertz CT molecular complexity index is 593. The Balaban J connectivity index is 3.61. The largest absolute Gasteiger partial charge is 0.756 e. The van der Waals surface area contributed by atoms with Crippen LogP contribution in [-0.4, -0.2) is 69.2 Å². The van der Waals surface area contributed by atoms with E-state index in [4.69, 9.17) is 9.26 Å². The Morgan fingerprint density at radius 3 is 2.00 bits per heavy atom. The van der Waals surface area contributed by atoms with Gasteiger partial charge in [0, 0.05) is 6.42 Å². The first-order valence-electron chi connectivity index (χ1n) is 13.4. The maximum Gasteiger partial charge on any atom is 0.305 e. The predicted molar refractivity (Wildman–Crippen MR) is 139 cm³/mol. The van der Waals surface area contributed by atoms with Crippen LogP contribution in [0.2, 0.25) is 0 Å². The van der Waals surface area contributed by atoms with Crippen molar-refractivity contribution >= 4 is 13.8 Å². The maximum absolute atomic E-state index is 11.8. The zero-order chi connectivity index (χ0) is 26.4. The van der Waals surface area contributed by atoms with E-state index in [9.17, 15) is 19.4 Å². The van der Waals surface area contributed by atoms with Gasteiger partial charge in [-0.1, -0.05) is 70.4 Å². The fraction of sp³-hybridized carbons (Fsp3) is 0.885. The molecule has 0 aliphatic rings. The summed E-state index contributed by atoms with van der Waals surface area (Å²) >= 11 is 0. The van der Waals surface area contributed by atoms with Gasteiger partial charge in [-0.3, -0.25) is 9.36 Å². The highest BCUT2D eigenvalue weighted by atomic mass is 31.2. The number of hydrogen-bond acceptors (Lipinski definition) is 7. The fourth-order valence-corrected chi connectivity index (χ4v) is 4.03. The van der Waals surface area contributed by atoms with Crippen molar-refractivity contribution in [3.05, 3.63) is 12.2 Å². The van der Waals surface area contributed by atoms with Crippen molar-refractivity contribution < 1.29 is 37.6 Å². The number of quaternary nitrogens is 1. The molecule has 0 amide bonds. The van der Waals surface area contributed by atoms with Gasteiger partial charge >= 0.3 is 5.97 Å². The van der Waals surface area contributed by atoms with Gasteiger partial charge in [-0.2, -0.15) is 0 Å². The zero-order valence-corrected chi connectivity index (χ0v) is 23.6. The van der Waals surface area contributed by atoms with E-state index in [0.717, 1.165) is 19.3 Å². The number of allylic oxidation sites excluding steroid dienone is 2. The number of carbonyl (C=O) groups is 1. The normalized spacial score (nSPS) is 14.8. The summed E-state index contributed by atoms with van der Waals surface area (Å²) < 4.78 is 26.6. The van der Waals surface area contributed by atoms with Crippen molar-refractivity contribution in [2.24, 2.45) is 0 Å². The summed E-state index contributed by atoms with van der Waals surface area (Å²) in [4.78, 5) is 23.5. The first kappa shape index (κ1) is 34.2. The van der Waals surface area contributed by atoms with Crippen molar-refractivity contribution in [3.8, 4) is 0 Å². The Morgan fingerprint density at radius 2 is 1.43 bits per heavy atom. The van der Waals surface area contributed by atoms with Crippen LogP contribution >= 0.6 is 7.82 Å². The summed E-state index contributed by atoms with van der Waals surface area (Å²) in [6, 6.07) is 0. The minimum atomic E-state index is -4.49. The summed E-state index contributed by atoms with van der Waals surface area (Å²) in [7, 11) is 1.24. The van der Waals surface area contributed by atoms with Crippen LogP contribution in [0.5, 0.6) is 0 Å². The average Bonchev–Trinajstić information content (AvgIpc) is 2.78. The quantitative estimate of drug-likeness (QED) is 0.0617. The van der Waals surface area contributed by atoms with Crippen LogP contribution in [0.15, 0.2) is 12.2 Å². The molecular formula is C26H52NO7P. The number of carbonyl (C=O) groups excluding carboxylic acids is 1. The second kappa shape index (κ2) is 21.3. The number of likely N-dealkylation sites (N-methyl/N-ethyl adjacent to an activating group) is 1. The van der Waals surface area contributed by atoms with Crippen molar-refractivity contribution in [2.45, 2.75) is 103 Å². The molecule has 0 bridgehead atoms. The van der Waals surface area contributed by atoms with Gasteiger partial charge in [0.2, 0.25) is 0 Å². The molecule has 1 unspecified atom stereocenters. The monoisotopic (exact) mass is 521 g/mol. The van der Waals surface area contributed by atoms with E-state index in [-0.39, 0.29) is 19.6 Å². The molecule has 1 N–H and O–H groups in total. The third-order valence-electron chi connectivity index (χ3n) is 5.52. The lowest BCUT2D eigenvalue weighted by atomic mass is 10.1. The standard InChI is InChI=1S/C26H52NO7P/c1-5-6-7-8-9-10-11-12-13-14-15-16-17-18-19-20-26(29)32-23-25(28)24-34-35(30,31)33-22-21-27(2,3)4/h15-16,25,28H,5-14,17-24H2,1-4H3/b16-15+/t25-/m1/s1. The van der Waals surface area contributed by atoms with Gasteiger partial charge in [-0.25, -0.2) is 0 Å². The molecule has 8 nitrogen and oxygen atoms in total. The van der Waals surface area contributed by atoms with E-state index >= 15 is 0 Å². The van der Waals surface area contributed by atoms with E-state index in [1.807, 2.05) is 21.1 Å². The van der Waals surface area contributed by atoms with Crippen LogP contribution < -0.4 is 4.89 Å². The molecule has 2 atom stereocenters. The smallest absolute Gasteiger partial charge is 0.305 e. The lowest BCUT2D eigenvalue weighted by Crippen LogP contribution is -2.37. The van der Waals surface area contributed by atoms with Crippen LogP contribution in [0.4, 0.5) is 0 Å². The van der Waals surface area contributed by atoms with Crippen molar-refractivity contribution in [2.75, 3.05) is 47.5 Å². The van der Waals surface area contributed by atoms with Crippen LogP contribution in [-0.2, 0) is 23.1 Å². The molecule has 0 heterocycles. The van der Waals surface area contributed by atoms with Gasteiger partial charge in [0.15, 0.2) is 0 Å². The summed E-state index contributed by atoms with van der Waals surface area (Å²) in [6.07, 6.45) is 19.2. The summed E-state index contributed by atoms with van der Waals surface area (Å²) in [5.74, 6) is -0.410. The molecule has 0 spiro atoms. The van der Waals surface area contributed by atoms with Crippen LogP contribution in [0.1, 0.15) is 96.8 Å². The Kier molecular flexibility index (Phi) is 20.9. The molecular weight excluding hydrogens is 469 g/mol. The third-order valence-corrected chi connectivity index (χ3v) is 6.48. The minimum Gasteiger partial charge on any atom is -0.756 e. The Morgan fingerprint density at radius 1 is 0.886 bits per heavy atom. The Hall–Kier alpha value is -0.760. The first-order chi connectivity index (χ1) is 16.6. The highest BCUT2D eigenvalue weighted by Gasteiger charge is 2.16. The van der Waals surface area contributed by atoms with Crippen LogP contribution in [0, 0.1) is 0 Å². The van der Waals surface area contributed by atoms with Gasteiger partial charge in [0.1, 0.15) is 25.9 Å². The molecule has 0 aromatic carbocycles. The second-order valence-electron chi connectivity index (χ2n) is 10.3. The number of phosphoric ester groups is 1. The number of nitrogens with zero attached hydrogens (tertiary/aromatic N) is 1. The van der Waals surface area contributed by atoms with Crippen LogP contribution in [0.25, 0.3) is 0 Å². The number of aliphatic hydroxyl groups is 1. The Labute approximate surface area is 214 Å². The van der Waals surface area contributed by atoms with E-state index in [2.05, 4.69) is 23.6 Å². The maximum atomic E-state index is 11.8. The van der Waals surface area contributed by atoms with E-state index in [0.29, 0.717) is 17.4 Å². The van der Waals surface area contributed by atoms with Gasteiger partial charge in [0.25, 0.3) is 7.82 Å². The van der Waals surface area contributed by atoms with Crippen molar-refractivity contribution in [1.29, 1.82) is 0 Å². The summed E-state index contributed by atoms with van der Waals surface area (Å²) in [6.45, 7) is 1.91. The predicted octanol–water partition coefficient (Wildman–Crippen LogP) is 5.14. The number of esters is 1. The summed E-state index contributed by atoms with van der Waals surface area (Å²) in [5, 5.41) is 9.79. The number of ether oxygens (including phenoxy) is 1. The molecule has 9 heteroatoms. The number of aliphatic hydroxyl groups excluding tert-OH is 1. The SMILES string of the molecule is CCCCCCCCCCC/C=C/CCCCC(=O)OC[C@@H](O)COP(=O)([O-])OCC[N+](C)(C)C. The van der Waals surface area contributed by atoms with Crippen molar-refractivity contribution in [1.82, 2.24) is 0 Å². The van der Waals surface area contributed by atoms with E-state index in [1.54, 1.807) is 0 Å².